The summed E-state index contributed by atoms with van der Waals surface area (Å²) in [5.74, 6) is -2.66. The molecule has 0 bridgehead atoms. The standard InChI is InChI=1S/C15H20F3NO/c1-2-5-19-15(10-3-6-20-7-4-10)11-8-13(17)14(18)9-12(11)16/h8-10,15,19H,2-7H2,1H3. The molecule has 20 heavy (non-hydrogen) atoms. The van der Waals surface area contributed by atoms with E-state index in [0.717, 1.165) is 25.3 Å². The van der Waals surface area contributed by atoms with Crippen molar-refractivity contribution in [2.24, 2.45) is 5.92 Å². The lowest BCUT2D eigenvalue weighted by Gasteiger charge is -2.31. The van der Waals surface area contributed by atoms with Gasteiger partial charge >= 0.3 is 0 Å². The van der Waals surface area contributed by atoms with E-state index in [0.29, 0.717) is 25.8 Å². The van der Waals surface area contributed by atoms with Gasteiger partial charge in [0.15, 0.2) is 11.6 Å². The Labute approximate surface area is 117 Å². The molecule has 2 rings (SSSR count). The summed E-state index contributed by atoms with van der Waals surface area (Å²) in [6, 6.07) is 1.31. The lowest BCUT2D eigenvalue weighted by Crippen LogP contribution is -2.33. The molecule has 2 nitrogen and oxygen atoms in total. The van der Waals surface area contributed by atoms with E-state index in [1.54, 1.807) is 0 Å². The molecule has 1 N–H and O–H groups in total. The van der Waals surface area contributed by atoms with Gasteiger partial charge in [-0.15, -0.1) is 0 Å². The quantitative estimate of drug-likeness (QED) is 0.836. The maximum absolute atomic E-state index is 14.0. The summed E-state index contributed by atoms with van der Waals surface area (Å²) in [6.07, 6.45) is 2.48. The summed E-state index contributed by atoms with van der Waals surface area (Å²) in [5.41, 5.74) is 0.212. The van der Waals surface area contributed by atoms with Crippen LogP contribution in [0.4, 0.5) is 13.2 Å². The number of hydrogen-bond acceptors (Lipinski definition) is 2. The molecule has 1 heterocycles. The van der Waals surface area contributed by atoms with Gasteiger partial charge in [-0.2, -0.15) is 0 Å². The van der Waals surface area contributed by atoms with Crippen molar-refractivity contribution in [1.29, 1.82) is 0 Å². The predicted molar refractivity (Wildman–Crippen MR) is 70.9 cm³/mol. The van der Waals surface area contributed by atoms with Crippen molar-refractivity contribution in [1.82, 2.24) is 5.32 Å². The molecular weight excluding hydrogens is 267 g/mol. The van der Waals surface area contributed by atoms with Gasteiger partial charge in [0.05, 0.1) is 0 Å². The van der Waals surface area contributed by atoms with Crippen LogP contribution in [0.15, 0.2) is 12.1 Å². The molecule has 1 atom stereocenters. The van der Waals surface area contributed by atoms with Crippen molar-refractivity contribution < 1.29 is 17.9 Å². The first-order chi connectivity index (χ1) is 9.63. The van der Waals surface area contributed by atoms with Crippen LogP contribution in [-0.4, -0.2) is 19.8 Å². The molecule has 0 aromatic heterocycles. The molecule has 1 aliphatic rings. The summed E-state index contributed by atoms with van der Waals surface area (Å²) >= 11 is 0. The van der Waals surface area contributed by atoms with E-state index >= 15 is 0 Å². The lowest BCUT2D eigenvalue weighted by atomic mass is 9.86. The SMILES string of the molecule is CCCNC(c1cc(F)c(F)cc1F)C1CCOCC1. The van der Waals surface area contributed by atoms with Crippen molar-refractivity contribution in [2.45, 2.75) is 32.2 Å². The smallest absolute Gasteiger partial charge is 0.161 e. The first-order valence-electron chi connectivity index (χ1n) is 7.09. The van der Waals surface area contributed by atoms with E-state index in [-0.39, 0.29) is 17.5 Å². The van der Waals surface area contributed by atoms with Gasteiger partial charge in [0.25, 0.3) is 0 Å². The number of hydrogen-bond donors (Lipinski definition) is 1. The molecule has 1 fully saturated rings. The van der Waals surface area contributed by atoms with E-state index in [2.05, 4.69) is 5.32 Å². The Hall–Kier alpha value is -1.07. The van der Waals surface area contributed by atoms with Gasteiger partial charge in [-0.1, -0.05) is 6.92 Å². The zero-order valence-corrected chi connectivity index (χ0v) is 11.6. The Morgan fingerprint density at radius 1 is 1.15 bits per heavy atom. The van der Waals surface area contributed by atoms with E-state index in [9.17, 15) is 13.2 Å². The van der Waals surface area contributed by atoms with Crippen molar-refractivity contribution in [3.8, 4) is 0 Å². The third-order valence-electron chi connectivity index (χ3n) is 3.73. The molecule has 0 amide bonds. The lowest BCUT2D eigenvalue weighted by molar-refractivity contribution is 0.0531. The largest absolute Gasteiger partial charge is 0.381 e. The molecule has 1 aromatic rings. The monoisotopic (exact) mass is 287 g/mol. The molecule has 1 saturated heterocycles. The van der Waals surface area contributed by atoms with Crippen LogP contribution >= 0.6 is 0 Å². The average Bonchev–Trinajstić information content (AvgIpc) is 2.45. The van der Waals surface area contributed by atoms with Gasteiger partial charge in [0.1, 0.15) is 5.82 Å². The fourth-order valence-corrected chi connectivity index (χ4v) is 2.66. The van der Waals surface area contributed by atoms with E-state index in [1.807, 2.05) is 6.92 Å². The highest BCUT2D eigenvalue weighted by molar-refractivity contribution is 5.24. The molecule has 0 saturated carbocycles. The van der Waals surface area contributed by atoms with Gasteiger partial charge in [-0.3, -0.25) is 0 Å². The number of nitrogens with one attached hydrogen (secondary N) is 1. The molecule has 5 heteroatoms. The normalized spacial score (nSPS) is 18.2. The molecular formula is C15H20F3NO. The fourth-order valence-electron chi connectivity index (χ4n) is 2.66. The van der Waals surface area contributed by atoms with Gasteiger partial charge in [0, 0.05) is 30.9 Å². The van der Waals surface area contributed by atoms with Gasteiger partial charge in [0.2, 0.25) is 0 Å². The Bertz CT molecular complexity index is 447. The van der Waals surface area contributed by atoms with Gasteiger partial charge < -0.3 is 10.1 Å². The second-order valence-corrected chi connectivity index (χ2v) is 5.17. The number of benzene rings is 1. The van der Waals surface area contributed by atoms with Crippen LogP contribution < -0.4 is 5.32 Å². The maximum atomic E-state index is 14.0. The molecule has 0 radical (unpaired) electrons. The third kappa shape index (κ3) is 3.52. The number of rotatable bonds is 5. The highest BCUT2D eigenvalue weighted by atomic mass is 19.2. The van der Waals surface area contributed by atoms with Gasteiger partial charge in [-0.05, 0) is 37.8 Å². The highest BCUT2D eigenvalue weighted by Gasteiger charge is 2.28. The van der Waals surface area contributed by atoms with Crippen LogP contribution in [0.1, 0.15) is 37.8 Å². The second kappa shape index (κ2) is 7.09. The number of halogens is 3. The summed E-state index contributed by atoms with van der Waals surface area (Å²) in [5, 5.41) is 3.26. The first kappa shape index (κ1) is 15.3. The Morgan fingerprint density at radius 3 is 2.45 bits per heavy atom. The Morgan fingerprint density at radius 2 is 1.80 bits per heavy atom. The van der Waals surface area contributed by atoms with E-state index in [1.165, 1.54) is 0 Å². The van der Waals surface area contributed by atoms with Crippen LogP contribution in [-0.2, 0) is 4.74 Å². The summed E-state index contributed by atoms with van der Waals surface area (Å²) < 4.78 is 45.8. The molecule has 0 spiro atoms. The molecule has 1 aliphatic heterocycles. The van der Waals surface area contributed by atoms with Crippen LogP contribution in [0.3, 0.4) is 0 Å². The maximum Gasteiger partial charge on any atom is 0.161 e. The summed E-state index contributed by atoms with van der Waals surface area (Å²) in [6.45, 7) is 3.97. The molecule has 0 aliphatic carbocycles. The minimum Gasteiger partial charge on any atom is -0.381 e. The fraction of sp³-hybridized carbons (Fsp3) is 0.600. The van der Waals surface area contributed by atoms with Crippen LogP contribution in [0.5, 0.6) is 0 Å². The second-order valence-electron chi connectivity index (χ2n) is 5.17. The van der Waals surface area contributed by atoms with Crippen molar-refractivity contribution in [3.05, 3.63) is 35.1 Å². The Balaban J connectivity index is 2.27. The molecule has 112 valence electrons. The highest BCUT2D eigenvalue weighted by Crippen LogP contribution is 2.32. The van der Waals surface area contributed by atoms with E-state index in [4.69, 9.17) is 4.74 Å². The third-order valence-corrected chi connectivity index (χ3v) is 3.73. The zero-order valence-electron chi connectivity index (χ0n) is 11.6. The van der Waals surface area contributed by atoms with Gasteiger partial charge in [-0.25, -0.2) is 13.2 Å². The first-order valence-corrected chi connectivity index (χ1v) is 7.09. The minimum atomic E-state index is -1.15. The van der Waals surface area contributed by atoms with E-state index < -0.39 is 17.5 Å². The van der Waals surface area contributed by atoms with Crippen molar-refractivity contribution in [2.75, 3.05) is 19.8 Å². The van der Waals surface area contributed by atoms with Crippen LogP contribution in [0, 0.1) is 23.4 Å². The number of ether oxygens (including phenoxy) is 1. The van der Waals surface area contributed by atoms with Crippen LogP contribution in [0.2, 0.25) is 0 Å². The molecule has 1 unspecified atom stereocenters. The summed E-state index contributed by atoms with van der Waals surface area (Å²) in [7, 11) is 0. The Kier molecular flexibility index (Phi) is 5.43. The van der Waals surface area contributed by atoms with Crippen LogP contribution in [0.25, 0.3) is 0 Å². The average molecular weight is 287 g/mol. The van der Waals surface area contributed by atoms with Crippen molar-refractivity contribution >= 4 is 0 Å². The van der Waals surface area contributed by atoms with Crippen molar-refractivity contribution in [3.63, 3.8) is 0 Å². The zero-order chi connectivity index (χ0) is 14.5. The molecule has 1 aromatic carbocycles. The summed E-state index contributed by atoms with van der Waals surface area (Å²) in [4.78, 5) is 0. The predicted octanol–water partition coefficient (Wildman–Crippen LogP) is 3.57. The topological polar surface area (TPSA) is 21.3 Å². The minimum absolute atomic E-state index is 0.176.